The van der Waals surface area contributed by atoms with Gasteiger partial charge in [0.25, 0.3) is 0 Å². The van der Waals surface area contributed by atoms with E-state index in [-0.39, 0.29) is 4.90 Å². The molecule has 0 aliphatic heterocycles. The molecular weight excluding hydrogens is 328 g/mol. The van der Waals surface area contributed by atoms with E-state index in [0.29, 0.717) is 11.0 Å². The van der Waals surface area contributed by atoms with Gasteiger partial charge in [-0.15, -0.1) is 0 Å². The van der Waals surface area contributed by atoms with Crippen LogP contribution < -0.4 is 10.0 Å². The van der Waals surface area contributed by atoms with Crippen molar-refractivity contribution in [1.29, 1.82) is 0 Å². The van der Waals surface area contributed by atoms with Crippen molar-refractivity contribution < 1.29 is 8.42 Å². The molecule has 1 rings (SSSR count). The molecule has 0 heterocycles. The van der Waals surface area contributed by atoms with Gasteiger partial charge in [0, 0.05) is 16.6 Å². The molecule has 2 N–H and O–H groups in total. The quantitative estimate of drug-likeness (QED) is 0.859. The summed E-state index contributed by atoms with van der Waals surface area (Å²) >= 11 is 3.30. The number of hydrogen-bond acceptors (Lipinski definition) is 3. The summed E-state index contributed by atoms with van der Waals surface area (Å²) in [5.41, 5.74) is 0.440. The van der Waals surface area contributed by atoms with E-state index in [2.05, 4.69) is 26.0 Å². The van der Waals surface area contributed by atoms with Crippen LogP contribution in [0.5, 0.6) is 0 Å². The molecule has 4 nitrogen and oxygen atoms in total. The van der Waals surface area contributed by atoms with Crippen LogP contribution in [0.15, 0.2) is 27.6 Å². The molecule has 0 saturated heterocycles. The van der Waals surface area contributed by atoms with Gasteiger partial charge in [0.15, 0.2) is 0 Å². The van der Waals surface area contributed by atoms with Crippen LogP contribution in [-0.2, 0) is 16.6 Å². The van der Waals surface area contributed by atoms with Gasteiger partial charge in [-0.2, -0.15) is 0 Å². The highest BCUT2D eigenvalue weighted by Crippen LogP contribution is 2.24. The molecule has 1 aromatic carbocycles. The molecule has 0 saturated carbocycles. The molecule has 0 radical (unpaired) electrons. The Labute approximate surface area is 124 Å². The van der Waals surface area contributed by atoms with E-state index in [9.17, 15) is 8.42 Å². The maximum Gasteiger partial charge on any atom is 0.242 e. The first-order valence-corrected chi connectivity index (χ1v) is 8.46. The average Bonchev–Trinajstić information content (AvgIpc) is 2.24. The number of sulfonamides is 1. The first-order chi connectivity index (χ1) is 8.65. The second-order valence-corrected chi connectivity index (χ2v) is 7.91. The second kappa shape index (κ2) is 6.35. The van der Waals surface area contributed by atoms with Gasteiger partial charge in [0.1, 0.15) is 0 Å². The Morgan fingerprint density at radius 2 is 1.89 bits per heavy atom. The molecule has 0 aromatic heterocycles. The van der Waals surface area contributed by atoms with Crippen molar-refractivity contribution in [3.05, 3.63) is 28.2 Å². The first kappa shape index (κ1) is 16.6. The van der Waals surface area contributed by atoms with Crippen LogP contribution in [0.2, 0.25) is 0 Å². The SMILES string of the molecule is CCNCc1ccc(Br)c(S(=O)(=O)NC(C)(C)C)c1. The third kappa shape index (κ3) is 5.22. The fourth-order valence-corrected chi connectivity index (χ4v) is 4.02. The summed E-state index contributed by atoms with van der Waals surface area (Å²) in [6.07, 6.45) is 0. The molecule has 0 aliphatic rings. The minimum absolute atomic E-state index is 0.276. The van der Waals surface area contributed by atoms with Gasteiger partial charge >= 0.3 is 0 Å². The fraction of sp³-hybridized carbons (Fsp3) is 0.538. The highest BCUT2D eigenvalue weighted by atomic mass is 79.9. The fourth-order valence-electron chi connectivity index (χ4n) is 1.59. The van der Waals surface area contributed by atoms with Crippen molar-refractivity contribution in [2.45, 2.75) is 44.7 Å². The lowest BCUT2D eigenvalue weighted by Gasteiger charge is -2.21. The van der Waals surface area contributed by atoms with Crippen molar-refractivity contribution in [3.8, 4) is 0 Å². The van der Waals surface area contributed by atoms with Crippen LogP contribution in [-0.4, -0.2) is 20.5 Å². The lowest BCUT2D eigenvalue weighted by Crippen LogP contribution is -2.40. The molecule has 0 fully saturated rings. The highest BCUT2D eigenvalue weighted by Gasteiger charge is 2.24. The summed E-state index contributed by atoms with van der Waals surface area (Å²) in [5.74, 6) is 0. The Hall–Kier alpha value is -0.430. The van der Waals surface area contributed by atoms with E-state index >= 15 is 0 Å². The van der Waals surface area contributed by atoms with Crippen molar-refractivity contribution in [1.82, 2.24) is 10.0 Å². The number of hydrogen-bond donors (Lipinski definition) is 2. The third-order valence-corrected chi connectivity index (χ3v) is 5.06. The summed E-state index contributed by atoms with van der Waals surface area (Å²) < 4.78 is 27.9. The maximum absolute atomic E-state index is 12.3. The van der Waals surface area contributed by atoms with E-state index in [1.54, 1.807) is 12.1 Å². The average molecular weight is 349 g/mol. The summed E-state index contributed by atoms with van der Waals surface area (Å²) in [6, 6.07) is 5.37. The monoisotopic (exact) mass is 348 g/mol. The number of halogens is 1. The van der Waals surface area contributed by atoms with Gasteiger partial charge in [0.2, 0.25) is 10.0 Å². The molecule has 0 unspecified atom stereocenters. The molecule has 0 spiro atoms. The Kier molecular flexibility index (Phi) is 5.55. The molecule has 108 valence electrons. The number of nitrogens with one attached hydrogen (secondary N) is 2. The highest BCUT2D eigenvalue weighted by molar-refractivity contribution is 9.10. The van der Waals surface area contributed by atoms with Crippen LogP contribution >= 0.6 is 15.9 Å². The third-order valence-electron chi connectivity index (χ3n) is 2.30. The predicted molar refractivity (Wildman–Crippen MR) is 81.6 cm³/mol. The summed E-state index contributed by atoms with van der Waals surface area (Å²) in [4.78, 5) is 0.276. The summed E-state index contributed by atoms with van der Waals surface area (Å²) in [5, 5.41) is 3.18. The molecular formula is C13H21BrN2O2S. The van der Waals surface area contributed by atoms with Crippen molar-refractivity contribution in [3.63, 3.8) is 0 Å². The van der Waals surface area contributed by atoms with E-state index < -0.39 is 15.6 Å². The van der Waals surface area contributed by atoms with Crippen molar-refractivity contribution in [2.24, 2.45) is 0 Å². The van der Waals surface area contributed by atoms with E-state index in [1.165, 1.54) is 0 Å². The topological polar surface area (TPSA) is 58.2 Å². The van der Waals surface area contributed by atoms with Gasteiger partial charge in [-0.3, -0.25) is 0 Å². The minimum Gasteiger partial charge on any atom is -0.313 e. The molecule has 0 amide bonds. The van der Waals surface area contributed by atoms with Crippen LogP contribution in [0.25, 0.3) is 0 Å². The standard InChI is InChI=1S/C13H21BrN2O2S/c1-5-15-9-10-6-7-11(14)12(8-10)19(17,18)16-13(2,3)4/h6-8,15-16H,5,9H2,1-4H3. The van der Waals surface area contributed by atoms with Gasteiger partial charge in [-0.25, -0.2) is 13.1 Å². The molecule has 1 aromatic rings. The van der Waals surface area contributed by atoms with Gasteiger partial charge < -0.3 is 5.32 Å². The van der Waals surface area contributed by atoms with Gasteiger partial charge in [0.05, 0.1) is 4.90 Å². The zero-order chi connectivity index (χ0) is 14.7. The Bertz CT molecular complexity index is 536. The number of rotatable bonds is 5. The maximum atomic E-state index is 12.3. The molecule has 0 aliphatic carbocycles. The van der Waals surface area contributed by atoms with Crippen molar-refractivity contribution >= 4 is 26.0 Å². The van der Waals surface area contributed by atoms with E-state index in [0.717, 1.165) is 12.1 Å². The Balaban J connectivity index is 3.11. The van der Waals surface area contributed by atoms with Crippen LogP contribution in [0.1, 0.15) is 33.3 Å². The second-order valence-electron chi connectivity index (χ2n) is 5.40. The first-order valence-electron chi connectivity index (χ1n) is 6.19. The van der Waals surface area contributed by atoms with Crippen LogP contribution in [0, 0.1) is 0 Å². The Morgan fingerprint density at radius 3 is 2.42 bits per heavy atom. The van der Waals surface area contributed by atoms with Gasteiger partial charge in [-0.1, -0.05) is 13.0 Å². The zero-order valence-electron chi connectivity index (χ0n) is 11.7. The Morgan fingerprint density at radius 1 is 1.26 bits per heavy atom. The smallest absolute Gasteiger partial charge is 0.242 e. The molecule has 0 bridgehead atoms. The molecule has 6 heteroatoms. The minimum atomic E-state index is -3.52. The van der Waals surface area contributed by atoms with E-state index in [4.69, 9.17) is 0 Å². The molecule has 0 atom stereocenters. The summed E-state index contributed by atoms with van der Waals surface area (Å²) in [6.45, 7) is 8.97. The lowest BCUT2D eigenvalue weighted by atomic mass is 10.1. The zero-order valence-corrected chi connectivity index (χ0v) is 14.2. The van der Waals surface area contributed by atoms with E-state index in [1.807, 2.05) is 33.8 Å². The lowest BCUT2D eigenvalue weighted by molar-refractivity contribution is 0.491. The normalized spacial score (nSPS) is 12.7. The largest absolute Gasteiger partial charge is 0.313 e. The predicted octanol–water partition coefficient (Wildman–Crippen LogP) is 2.64. The molecule has 19 heavy (non-hydrogen) atoms. The van der Waals surface area contributed by atoms with Crippen molar-refractivity contribution in [2.75, 3.05) is 6.54 Å². The van der Waals surface area contributed by atoms with Crippen LogP contribution in [0.3, 0.4) is 0 Å². The summed E-state index contributed by atoms with van der Waals surface area (Å²) in [7, 11) is -3.52. The number of benzene rings is 1. The van der Waals surface area contributed by atoms with Gasteiger partial charge in [-0.05, 0) is 60.9 Å². The van der Waals surface area contributed by atoms with Crippen LogP contribution in [0.4, 0.5) is 0 Å².